The van der Waals surface area contributed by atoms with E-state index in [4.69, 9.17) is 0 Å². The van der Waals surface area contributed by atoms with Crippen LogP contribution < -0.4 is 10.6 Å². The zero-order chi connectivity index (χ0) is 15.4. The maximum Gasteiger partial charge on any atom is 0.321 e. The number of urea groups is 1. The second-order valence-corrected chi connectivity index (χ2v) is 5.43. The Kier molecular flexibility index (Phi) is 4.10. The van der Waals surface area contributed by atoms with Crippen molar-refractivity contribution in [2.75, 3.05) is 5.32 Å². The van der Waals surface area contributed by atoms with Crippen molar-refractivity contribution >= 4 is 22.5 Å². The monoisotopic (exact) mass is 314 g/mol. The molecule has 0 saturated heterocycles. The summed E-state index contributed by atoms with van der Waals surface area (Å²) >= 11 is 1.36. The molecule has 0 spiro atoms. The molecule has 3 aromatic rings. The van der Waals surface area contributed by atoms with Gasteiger partial charge in [-0.15, -0.1) is 11.3 Å². The van der Waals surface area contributed by atoms with Gasteiger partial charge < -0.3 is 10.3 Å². The van der Waals surface area contributed by atoms with Gasteiger partial charge in [0, 0.05) is 35.7 Å². The fraction of sp³-hybridized carbons (Fsp3) is 0.143. The summed E-state index contributed by atoms with van der Waals surface area (Å²) in [7, 11) is 0. The Morgan fingerprint density at radius 1 is 1.41 bits per heavy atom. The molecule has 0 aliphatic carbocycles. The van der Waals surface area contributed by atoms with Crippen LogP contribution in [0.15, 0.2) is 42.3 Å². The van der Waals surface area contributed by atoms with Crippen LogP contribution in [-0.4, -0.2) is 26.0 Å². The number of carbonyl (C=O) groups is 1. The molecular weight excluding hydrogens is 300 g/mol. The Morgan fingerprint density at radius 2 is 2.32 bits per heavy atom. The van der Waals surface area contributed by atoms with Crippen LogP contribution in [0.5, 0.6) is 0 Å². The highest BCUT2D eigenvalue weighted by molar-refractivity contribution is 7.14. The molecule has 8 heteroatoms. The van der Waals surface area contributed by atoms with Crippen LogP contribution in [0.3, 0.4) is 0 Å². The van der Waals surface area contributed by atoms with Crippen LogP contribution in [-0.2, 0) is 0 Å². The van der Waals surface area contributed by atoms with Crippen LogP contribution in [0.1, 0.15) is 18.8 Å². The first kappa shape index (κ1) is 14.2. The molecular formula is C14H14N6OS. The Morgan fingerprint density at radius 3 is 3.05 bits per heavy atom. The van der Waals surface area contributed by atoms with Crippen LogP contribution >= 0.6 is 11.3 Å². The standard InChI is InChI=1S/C14H14N6OS/c1-9(12-16-5-6-17-12)18-13(21)20-14-19-11(8-22-14)10-3-2-4-15-7-10/h2-9H,1H3,(H,16,17)(H2,18,19,20,21)/t9-/m1/s1. The minimum Gasteiger partial charge on any atom is -0.347 e. The second kappa shape index (κ2) is 6.35. The van der Waals surface area contributed by atoms with Gasteiger partial charge in [0.15, 0.2) is 5.13 Å². The lowest BCUT2D eigenvalue weighted by molar-refractivity contribution is 0.249. The van der Waals surface area contributed by atoms with Crippen molar-refractivity contribution in [2.45, 2.75) is 13.0 Å². The smallest absolute Gasteiger partial charge is 0.321 e. The number of hydrogen-bond donors (Lipinski definition) is 3. The van der Waals surface area contributed by atoms with Gasteiger partial charge in [-0.1, -0.05) is 0 Å². The molecule has 0 aromatic carbocycles. The summed E-state index contributed by atoms with van der Waals surface area (Å²) in [4.78, 5) is 27.4. The highest BCUT2D eigenvalue weighted by atomic mass is 32.1. The molecule has 22 heavy (non-hydrogen) atoms. The number of aromatic nitrogens is 4. The van der Waals surface area contributed by atoms with Crippen LogP contribution in [0, 0.1) is 0 Å². The molecule has 0 unspecified atom stereocenters. The van der Waals surface area contributed by atoms with E-state index in [2.05, 4.69) is 30.6 Å². The molecule has 3 rings (SSSR count). The first-order chi connectivity index (χ1) is 10.7. The minimum absolute atomic E-state index is 0.215. The normalized spacial score (nSPS) is 11.9. The zero-order valence-electron chi connectivity index (χ0n) is 11.8. The summed E-state index contributed by atoms with van der Waals surface area (Å²) in [6.45, 7) is 1.85. The van der Waals surface area contributed by atoms with Gasteiger partial charge in [0.2, 0.25) is 0 Å². The van der Waals surface area contributed by atoms with Crippen LogP contribution in [0.2, 0.25) is 0 Å². The van der Waals surface area contributed by atoms with Gasteiger partial charge in [-0.05, 0) is 19.1 Å². The Hall–Kier alpha value is -2.74. The summed E-state index contributed by atoms with van der Waals surface area (Å²) in [5.41, 5.74) is 1.70. The summed E-state index contributed by atoms with van der Waals surface area (Å²) in [6.07, 6.45) is 6.80. The van der Waals surface area contributed by atoms with E-state index in [0.29, 0.717) is 11.0 Å². The molecule has 3 heterocycles. The maximum atomic E-state index is 12.0. The van der Waals surface area contributed by atoms with Crippen molar-refractivity contribution in [3.05, 3.63) is 48.1 Å². The van der Waals surface area contributed by atoms with Crippen molar-refractivity contribution in [1.29, 1.82) is 0 Å². The molecule has 0 fully saturated rings. The van der Waals surface area contributed by atoms with Gasteiger partial charge in [-0.25, -0.2) is 14.8 Å². The number of H-pyrrole nitrogens is 1. The van der Waals surface area contributed by atoms with E-state index >= 15 is 0 Å². The number of amides is 2. The summed E-state index contributed by atoms with van der Waals surface area (Å²) < 4.78 is 0. The highest BCUT2D eigenvalue weighted by Gasteiger charge is 2.13. The van der Waals surface area contributed by atoms with Crippen molar-refractivity contribution in [1.82, 2.24) is 25.3 Å². The highest BCUT2D eigenvalue weighted by Crippen LogP contribution is 2.24. The number of imidazole rings is 1. The summed E-state index contributed by atoms with van der Waals surface area (Å²) in [6, 6.07) is 3.23. The van der Waals surface area contributed by atoms with E-state index in [-0.39, 0.29) is 12.1 Å². The van der Waals surface area contributed by atoms with E-state index in [1.807, 2.05) is 24.4 Å². The first-order valence-corrected chi connectivity index (χ1v) is 7.53. The van der Waals surface area contributed by atoms with Crippen LogP contribution in [0.4, 0.5) is 9.93 Å². The third-order valence-electron chi connectivity index (χ3n) is 2.96. The average Bonchev–Trinajstić information content (AvgIpc) is 3.19. The molecule has 7 nitrogen and oxygen atoms in total. The van der Waals surface area contributed by atoms with Crippen molar-refractivity contribution in [3.8, 4) is 11.3 Å². The predicted octanol–water partition coefficient (Wildman–Crippen LogP) is 2.81. The quantitative estimate of drug-likeness (QED) is 0.690. The fourth-order valence-corrected chi connectivity index (χ4v) is 2.61. The lowest BCUT2D eigenvalue weighted by atomic mass is 10.2. The van der Waals surface area contributed by atoms with Gasteiger partial charge in [0.05, 0.1) is 11.7 Å². The molecule has 0 radical (unpaired) electrons. The van der Waals surface area contributed by atoms with Crippen molar-refractivity contribution in [3.63, 3.8) is 0 Å². The predicted molar refractivity (Wildman–Crippen MR) is 84.5 cm³/mol. The summed E-state index contributed by atoms with van der Waals surface area (Å²) in [5, 5.41) is 7.92. The Bertz CT molecular complexity index is 740. The fourth-order valence-electron chi connectivity index (χ4n) is 1.89. The number of anilines is 1. The van der Waals surface area contributed by atoms with E-state index in [1.54, 1.807) is 24.8 Å². The van der Waals surface area contributed by atoms with Crippen LogP contribution in [0.25, 0.3) is 11.3 Å². The zero-order valence-corrected chi connectivity index (χ0v) is 12.6. The molecule has 0 bridgehead atoms. The van der Waals surface area contributed by atoms with E-state index in [9.17, 15) is 4.79 Å². The Labute approximate surface area is 130 Å². The average molecular weight is 314 g/mol. The van der Waals surface area contributed by atoms with Gasteiger partial charge in [-0.2, -0.15) is 0 Å². The van der Waals surface area contributed by atoms with Gasteiger partial charge in [-0.3, -0.25) is 10.3 Å². The molecule has 3 N–H and O–H groups in total. The summed E-state index contributed by atoms with van der Waals surface area (Å²) in [5.74, 6) is 0.699. The number of nitrogens with one attached hydrogen (secondary N) is 3. The topological polar surface area (TPSA) is 95.6 Å². The SMILES string of the molecule is C[C@@H](NC(=O)Nc1nc(-c2cccnc2)cs1)c1ncc[nH]1. The maximum absolute atomic E-state index is 12.0. The minimum atomic E-state index is -0.323. The molecule has 112 valence electrons. The lowest BCUT2D eigenvalue weighted by Crippen LogP contribution is -2.31. The van der Waals surface area contributed by atoms with Gasteiger partial charge >= 0.3 is 6.03 Å². The molecule has 2 amide bonds. The number of pyridine rings is 1. The molecule has 1 atom stereocenters. The molecule has 0 aliphatic heterocycles. The van der Waals surface area contributed by atoms with E-state index < -0.39 is 0 Å². The second-order valence-electron chi connectivity index (χ2n) is 4.57. The third-order valence-corrected chi connectivity index (χ3v) is 3.72. The Balaban J connectivity index is 1.62. The van der Waals surface area contributed by atoms with E-state index in [0.717, 1.165) is 11.3 Å². The lowest BCUT2D eigenvalue weighted by Gasteiger charge is -2.11. The van der Waals surface area contributed by atoms with Crippen molar-refractivity contribution in [2.24, 2.45) is 0 Å². The number of nitrogens with zero attached hydrogens (tertiary/aromatic N) is 3. The molecule has 0 aliphatic rings. The van der Waals surface area contributed by atoms with Gasteiger partial charge in [0.25, 0.3) is 0 Å². The first-order valence-electron chi connectivity index (χ1n) is 6.65. The van der Waals surface area contributed by atoms with E-state index in [1.165, 1.54) is 11.3 Å². The van der Waals surface area contributed by atoms with Crippen molar-refractivity contribution < 1.29 is 4.79 Å². The molecule has 3 aromatic heterocycles. The van der Waals surface area contributed by atoms with Gasteiger partial charge in [0.1, 0.15) is 5.82 Å². The number of carbonyl (C=O) groups excluding carboxylic acids is 1. The number of aromatic amines is 1. The largest absolute Gasteiger partial charge is 0.347 e. The number of hydrogen-bond acceptors (Lipinski definition) is 5. The number of thiazole rings is 1. The number of rotatable bonds is 4. The third kappa shape index (κ3) is 3.29. The molecule has 0 saturated carbocycles.